The molecule has 0 spiro atoms. The number of para-hydroxylation sites is 1. The van der Waals surface area contributed by atoms with Crippen molar-refractivity contribution in [2.24, 2.45) is 0 Å². The van der Waals surface area contributed by atoms with Crippen molar-refractivity contribution in [3.8, 4) is 0 Å². The lowest BCUT2D eigenvalue weighted by Crippen LogP contribution is -2.36. The summed E-state index contributed by atoms with van der Waals surface area (Å²) < 4.78 is 18.9. The van der Waals surface area contributed by atoms with E-state index >= 15 is 0 Å². The van der Waals surface area contributed by atoms with Crippen molar-refractivity contribution in [1.29, 1.82) is 0 Å². The summed E-state index contributed by atoms with van der Waals surface area (Å²) in [4.78, 5) is 28.2. The number of likely N-dealkylation sites (N-methyl/N-ethyl adjacent to an activating group) is 1. The molecule has 0 radical (unpaired) electrons. The van der Waals surface area contributed by atoms with Crippen LogP contribution >= 0.6 is 0 Å². The largest absolute Gasteiger partial charge is 0.378 e. The number of nitrogens with one attached hydrogen (secondary N) is 2. The fourth-order valence-electron chi connectivity index (χ4n) is 3.17. The molecule has 0 bridgehead atoms. The number of ether oxygens (including phenoxy) is 1. The summed E-state index contributed by atoms with van der Waals surface area (Å²) in [7, 11) is 1.76. The van der Waals surface area contributed by atoms with Gasteiger partial charge >= 0.3 is 0 Å². The lowest BCUT2D eigenvalue weighted by atomic mass is 10.2. The van der Waals surface area contributed by atoms with Gasteiger partial charge in [0.1, 0.15) is 5.82 Å². The van der Waals surface area contributed by atoms with Crippen LogP contribution in [0.2, 0.25) is 0 Å². The molecule has 160 valence electrons. The Morgan fingerprint density at radius 3 is 2.43 bits per heavy atom. The Bertz CT molecular complexity index is 854. The molecule has 30 heavy (non-hydrogen) atoms. The number of hydrogen-bond acceptors (Lipinski definition) is 5. The Kier molecular flexibility index (Phi) is 7.75. The van der Waals surface area contributed by atoms with Crippen molar-refractivity contribution in [2.75, 3.05) is 62.0 Å². The third-order valence-corrected chi connectivity index (χ3v) is 4.81. The predicted molar refractivity (Wildman–Crippen MR) is 115 cm³/mol. The first-order valence-electron chi connectivity index (χ1n) is 9.97. The zero-order valence-electron chi connectivity index (χ0n) is 17.1. The van der Waals surface area contributed by atoms with Crippen LogP contribution in [0.4, 0.5) is 21.5 Å². The Balaban J connectivity index is 1.39. The smallest absolute Gasteiger partial charge is 0.238 e. The summed E-state index contributed by atoms with van der Waals surface area (Å²) in [6, 6.07) is 13.7. The van der Waals surface area contributed by atoms with Crippen molar-refractivity contribution < 1.29 is 18.7 Å². The molecule has 2 amide bonds. The van der Waals surface area contributed by atoms with Crippen LogP contribution in [0.15, 0.2) is 48.5 Å². The van der Waals surface area contributed by atoms with Crippen molar-refractivity contribution in [3.05, 3.63) is 54.3 Å². The average molecular weight is 414 g/mol. The molecule has 2 aromatic rings. The fraction of sp³-hybridized carbons (Fsp3) is 0.364. The van der Waals surface area contributed by atoms with Crippen molar-refractivity contribution in [3.63, 3.8) is 0 Å². The van der Waals surface area contributed by atoms with Crippen LogP contribution in [0.1, 0.15) is 6.42 Å². The number of rotatable bonds is 8. The van der Waals surface area contributed by atoms with Crippen LogP contribution < -0.4 is 15.5 Å². The van der Waals surface area contributed by atoms with Crippen molar-refractivity contribution in [2.45, 2.75) is 6.42 Å². The fourth-order valence-corrected chi connectivity index (χ4v) is 3.17. The van der Waals surface area contributed by atoms with E-state index in [0.29, 0.717) is 6.54 Å². The lowest BCUT2D eigenvalue weighted by molar-refractivity contribution is -0.119. The number of anilines is 3. The van der Waals surface area contributed by atoms with Gasteiger partial charge in [0.15, 0.2) is 0 Å². The maximum atomic E-state index is 13.6. The molecule has 1 aliphatic rings. The first kappa shape index (κ1) is 21.7. The first-order valence-corrected chi connectivity index (χ1v) is 9.97. The number of hydrogen-bond donors (Lipinski definition) is 2. The second kappa shape index (κ2) is 10.7. The number of morpholine rings is 1. The first-order chi connectivity index (χ1) is 14.5. The summed E-state index contributed by atoms with van der Waals surface area (Å²) in [6.45, 7) is 3.70. The van der Waals surface area contributed by atoms with Gasteiger partial charge in [-0.05, 0) is 43.4 Å². The molecule has 2 N–H and O–H groups in total. The van der Waals surface area contributed by atoms with Crippen LogP contribution in [0.3, 0.4) is 0 Å². The number of benzene rings is 2. The van der Waals surface area contributed by atoms with Gasteiger partial charge in [-0.1, -0.05) is 12.1 Å². The van der Waals surface area contributed by atoms with E-state index in [4.69, 9.17) is 4.74 Å². The maximum absolute atomic E-state index is 13.6. The minimum atomic E-state index is -0.474. The molecule has 1 heterocycles. The number of nitrogens with zero attached hydrogens (tertiary/aromatic N) is 2. The molecule has 7 nitrogen and oxygen atoms in total. The molecule has 0 saturated carbocycles. The Morgan fingerprint density at radius 2 is 1.73 bits per heavy atom. The second-order valence-corrected chi connectivity index (χ2v) is 7.21. The summed E-state index contributed by atoms with van der Waals surface area (Å²) in [6.07, 6.45) is 0.159. The van der Waals surface area contributed by atoms with Crippen molar-refractivity contribution >= 4 is 28.9 Å². The Labute approximate surface area is 175 Å². The second-order valence-electron chi connectivity index (χ2n) is 7.21. The van der Waals surface area contributed by atoms with Gasteiger partial charge in [0.2, 0.25) is 11.8 Å². The molecule has 1 aliphatic heterocycles. The highest BCUT2D eigenvalue weighted by Crippen LogP contribution is 2.19. The highest BCUT2D eigenvalue weighted by Gasteiger charge is 2.13. The average Bonchev–Trinajstić information content (AvgIpc) is 2.75. The molecular formula is C22H27FN4O3. The van der Waals surface area contributed by atoms with E-state index < -0.39 is 5.82 Å². The van der Waals surface area contributed by atoms with Crippen LogP contribution in [0.5, 0.6) is 0 Å². The van der Waals surface area contributed by atoms with Crippen LogP contribution in [-0.4, -0.2) is 63.2 Å². The van der Waals surface area contributed by atoms with Gasteiger partial charge in [0, 0.05) is 37.4 Å². The van der Waals surface area contributed by atoms with Gasteiger partial charge in [-0.2, -0.15) is 0 Å². The molecular weight excluding hydrogens is 387 g/mol. The lowest BCUT2D eigenvalue weighted by Gasteiger charge is -2.28. The summed E-state index contributed by atoms with van der Waals surface area (Å²) in [5.74, 6) is -0.935. The Hall–Kier alpha value is -2.97. The highest BCUT2D eigenvalue weighted by molar-refractivity contribution is 5.93. The van der Waals surface area contributed by atoms with Gasteiger partial charge in [0.05, 0.1) is 25.4 Å². The standard InChI is InChI=1S/C22H27FN4O3/c1-26(11-10-21(28)25-20-5-3-2-4-19(20)23)16-22(29)24-17-6-8-18(9-7-17)27-12-14-30-15-13-27/h2-9H,10-16H2,1H3,(H,24,29)(H,25,28). The zero-order chi connectivity index (χ0) is 21.3. The molecule has 0 aromatic heterocycles. The van der Waals surface area contributed by atoms with Crippen LogP contribution in [-0.2, 0) is 14.3 Å². The van der Waals surface area contributed by atoms with E-state index in [9.17, 15) is 14.0 Å². The van der Waals surface area contributed by atoms with E-state index in [0.717, 1.165) is 37.7 Å². The zero-order valence-corrected chi connectivity index (χ0v) is 17.1. The molecule has 8 heteroatoms. The molecule has 2 aromatic carbocycles. The van der Waals surface area contributed by atoms with Gasteiger partial charge in [0.25, 0.3) is 0 Å². The number of amides is 2. The van der Waals surface area contributed by atoms with Crippen LogP contribution in [0.25, 0.3) is 0 Å². The van der Waals surface area contributed by atoms with E-state index in [1.54, 1.807) is 24.1 Å². The molecule has 0 aliphatic carbocycles. The van der Waals surface area contributed by atoms with E-state index in [2.05, 4.69) is 15.5 Å². The highest BCUT2D eigenvalue weighted by atomic mass is 19.1. The van der Waals surface area contributed by atoms with Gasteiger partial charge in [-0.25, -0.2) is 4.39 Å². The minimum Gasteiger partial charge on any atom is -0.378 e. The minimum absolute atomic E-state index is 0.151. The molecule has 0 atom stereocenters. The third-order valence-electron chi connectivity index (χ3n) is 4.81. The number of carbonyl (C=O) groups is 2. The van der Waals surface area contributed by atoms with Crippen LogP contribution in [0, 0.1) is 5.82 Å². The Morgan fingerprint density at radius 1 is 1.03 bits per heavy atom. The third kappa shape index (κ3) is 6.53. The van der Waals surface area contributed by atoms with E-state index in [-0.39, 0.29) is 30.5 Å². The molecule has 0 unspecified atom stereocenters. The van der Waals surface area contributed by atoms with Gasteiger partial charge in [-0.3, -0.25) is 14.5 Å². The maximum Gasteiger partial charge on any atom is 0.238 e. The summed E-state index contributed by atoms with van der Waals surface area (Å²) in [5.41, 5.74) is 1.99. The SMILES string of the molecule is CN(CCC(=O)Nc1ccccc1F)CC(=O)Nc1ccc(N2CCOCC2)cc1. The summed E-state index contributed by atoms with van der Waals surface area (Å²) >= 11 is 0. The summed E-state index contributed by atoms with van der Waals surface area (Å²) in [5, 5.41) is 5.40. The van der Waals surface area contributed by atoms with Crippen molar-refractivity contribution in [1.82, 2.24) is 4.90 Å². The monoisotopic (exact) mass is 414 g/mol. The number of halogens is 1. The van der Waals surface area contributed by atoms with Gasteiger partial charge in [-0.15, -0.1) is 0 Å². The normalized spacial score (nSPS) is 13.9. The number of carbonyl (C=O) groups excluding carboxylic acids is 2. The predicted octanol–water partition coefficient (Wildman–Crippen LogP) is 2.56. The molecule has 1 fully saturated rings. The molecule has 1 saturated heterocycles. The molecule has 3 rings (SSSR count). The topological polar surface area (TPSA) is 73.9 Å². The quantitative estimate of drug-likeness (QED) is 0.695. The van der Waals surface area contributed by atoms with E-state index in [1.165, 1.54) is 12.1 Å². The van der Waals surface area contributed by atoms with E-state index in [1.807, 2.05) is 24.3 Å². The van der Waals surface area contributed by atoms with Gasteiger partial charge < -0.3 is 20.3 Å².